The summed E-state index contributed by atoms with van der Waals surface area (Å²) in [6.07, 6.45) is 0. The average Bonchev–Trinajstić information content (AvgIpc) is 1.04. The molecule has 0 radical (unpaired) electrons. The molecule has 0 saturated heterocycles. The van der Waals surface area contributed by atoms with Gasteiger partial charge < -0.3 is 0 Å². The van der Waals surface area contributed by atoms with Crippen molar-refractivity contribution in [3.05, 3.63) is 0 Å². The predicted octanol–water partition coefficient (Wildman–Crippen LogP) is 6.89. The summed E-state index contributed by atoms with van der Waals surface area (Å²) < 4.78 is 0. The molecule has 12 heteroatoms. The summed E-state index contributed by atoms with van der Waals surface area (Å²) in [5, 5.41) is 0. The second-order valence-electron chi connectivity index (χ2n) is 1.22. The first kappa shape index (κ1) is 18.6. The first-order chi connectivity index (χ1) is 4.45. The predicted molar refractivity (Wildman–Crippen MR) is 58.5 cm³/mol. The molecule has 82 valence electrons. The van der Waals surface area contributed by atoms with Crippen LogP contribution in [-0.4, -0.2) is 0 Å². The van der Waals surface area contributed by atoms with Crippen LogP contribution in [0.4, 0.5) is 0 Å². The van der Waals surface area contributed by atoms with E-state index in [1.165, 1.54) is 0 Å². The molecule has 0 heterocycles. The summed E-state index contributed by atoms with van der Waals surface area (Å²) in [5.74, 6) is 0. The Morgan fingerprint density at radius 2 is 0.583 bits per heavy atom. The van der Waals surface area contributed by atoms with Gasteiger partial charge in [0.05, 0.1) is 0 Å². The van der Waals surface area contributed by atoms with Crippen LogP contribution in [0.15, 0.2) is 0 Å². The van der Waals surface area contributed by atoms with E-state index in [0.717, 1.165) is 0 Å². The Balaban J connectivity index is 0. The molecule has 0 aliphatic carbocycles. The topological polar surface area (TPSA) is 0 Å². The van der Waals surface area contributed by atoms with Crippen LogP contribution in [-0.2, 0) is 19.2 Å². The van der Waals surface area contributed by atoms with E-state index in [9.17, 15) is 0 Å². The third-order valence-corrected chi connectivity index (χ3v) is 0. The van der Waals surface area contributed by atoms with Crippen molar-refractivity contribution in [2.24, 2.45) is 0 Å². The van der Waals surface area contributed by atoms with Crippen molar-refractivity contribution in [1.82, 2.24) is 0 Å². The number of hydrogen-bond acceptors (Lipinski definition) is 0. The molecule has 0 aromatic carbocycles. The molecular weight excluding hydrogens is 722 g/mol. The van der Waals surface area contributed by atoms with E-state index in [0.29, 0.717) is 0 Å². The van der Waals surface area contributed by atoms with Crippen molar-refractivity contribution in [2.75, 3.05) is 0 Å². The number of hydrogen-bond donors (Lipinski definition) is 0. The van der Waals surface area contributed by atoms with Crippen LogP contribution in [0.2, 0.25) is 0 Å². The molecule has 0 rings (SSSR count). The van der Waals surface area contributed by atoms with Gasteiger partial charge in [-0.15, -0.1) is 0 Å². The van der Waals surface area contributed by atoms with Crippen LogP contribution < -0.4 is 0 Å². The van der Waals surface area contributed by atoms with Gasteiger partial charge in [0.25, 0.3) is 0 Å². The quantitative estimate of drug-likeness (QED) is 0.256. The maximum absolute atomic E-state index is 5.47. The Morgan fingerprint density at radius 1 is 0.583 bits per heavy atom. The molecule has 0 saturated carbocycles. The van der Waals surface area contributed by atoms with E-state index in [4.69, 9.17) is 94.2 Å². The third-order valence-electron chi connectivity index (χ3n) is 0. The molecular formula is Cl10W2. The van der Waals surface area contributed by atoms with Gasteiger partial charge in [-0.3, -0.25) is 0 Å². The fraction of sp³-hybridized carbons (Fsp3) is 0. The summed E-state index contributed by atoms with van der Waals surface area (Å²) in [7, 11) is 45.1. The second kappa shape index (κ2) is 4.87. The van der Waals surface area contributed by atoms with Crippen molar-refractivity contribution in [3.8, 4) is 0 Å². The summed E-state index contributed by atoms with van der Waals surface area (Å²) in [6, 6.07) is 0. The van der Waals surface area contributed by atoms with Gasteiger partial charge in [0.15, 0.2) is 0 Å². The SMILES string of the molecule is [Cl][W]([Cl])([Cl])([Cl])([Cl])[Cl].[Cl][W]([Cl])([Cl])[Cl]. The van der Waals surface area contributed by atoms with E-state index in [-0.39, 0.29) is 0 Å². The van der Waals surface area contributed by atoms with Gasteiger partial charge >= 0.3 is 113 Å². The minimum atomic E-state index is -5.47. The molecule has 0 aliphatic heterocycles. The van der Waals surface area contributed by atoms with E-state index in [1.54, 1.807) is 0 Å². The van der Waals surface area contributed by atoms with Gasteiger partial charge in [-0.25, -0.2) is 0 Å². The third kappa shape index (κ3) is 138. The zero-order valence-electron chi connectivity index (χ0n) is 4.60. The Hall–Kier alpha value is 4.28. The number of halogens is 10. The molecule has 0 unspecified atom stereocenters. The zero-order valence-corrected chi connectivity index (χ0v) is 18.0. The Bertz CT molecular complexity index is 118. The van der Waals surface area contributed by atoms with Gasteiger partial charge in [-0.1, -0.05) is 0 Å². The zero-order chi connectivity index (χ0) is 10.9. The van der Waals surface area contributed by atoms with Crippen molar-refractivity contribution in [3.63, 3.8) is 0 Å². The van der Waals surface area contributed by atoms with Crippen molar-refractivity contribution in [2.45, 2.75) is 0 Å². The monoisotopic (exact) mass is 718 g/mol. The summed E-state index contributed by atoms with van der Waals surface area (Å²) in [6.45, 7) is 0. The minimum absolute atomic E-state index is 3.28. The van der Waals surface area contributed by atoms with Crippen LogP contribution in [0.25, 0.3) is 0 Å². The molecule has 0 aromatic heterocycles. The standard InChI is InChI=1S/10ClH.2W/h10*1H;;/q;;;;;;;;;;+4;+6/p-10. The van der Waals surface area contributed by atoms with Crippen LogP contribution >= 0.6 is 94.2 Å². The van der Waals surface area contributed by atoms with E-state index < -0.39 is 19.2 Å². The normalized spacial score (nSPS) is 19.8. The van der Waals surface area contributed by atoms with Gasteiger partial charge in [0.2, 0.25) is 0 Å². The van der Waals surface area contributed by atoms with Gasteiger partial charge in [-0.2, -0.15) is 0 Å². The summed E-state index contributed by atoms with van der Waals surface area (Å²) in [4.78, 5) is 0. The van der Waals surface area contributed by atoms with E-state index in [1.807, 2.05) is 0 Å². The Kier molecular flexibility index (Phi) is 7.57. The molecule has 0 aromatic rings. The fourth-order valence-electron chi connectivity index (χ4n) is 0. The van der Waals surface area contributed by atoms with Crippen molar-refractivity contribution < 1.29 is 19.2 Å². The van der Waals surface area contributed by atoms with Crippen molar-refractivity contribution in [1.29, 1.82) is 0 Å². The maximum atomic E-state index is 5.07. The van der Waals surface area contributed by atoms with Gasteiger partial charge in [-0.05, 0) is 0 Å². The molecule has 0 aliphatic rings. The second-order valence-corrected chi connectivity index (χ2v) is 90.2. The average molecular weight is 722 g/mol. The molecule has 12 heavy (non-hydrogen) atoms. The summed E-state index contributed by atoms with van der Waals surface area (Å²) >= 11 is -3.28. The van der Waals surface area contributed by atoms with Crippen LogP contribution in [0.5, 0.6) is 0 Å². The Labute approximate surface area is 111 Å². The van der Waals surface area contributed by atoms with Gasteiger partial charge in [0.1, 0.15) is 0 Å². The molecule has 0 amide bonds. The molecule has 0 fully saturated rings. The van der Waals surface area contributed by atoms with E-state index >= 15 is 0 Å². The van der Waals surface area contributed by atoms with Crippen molar-refractivity contribution >= 4 is 94.2 Å². The van der Waals surface area contributed by atoms with Crippen LogP contribution in [0.3, 0.4) is 0 Å². The molecule has 0 atom stereocenters. The molecule has 0 spiro atoms. The van der Waals surface area contributed by atoms with Crippen LogP contribution in [0, 0.1) is 0 Å². The number of rotatable bonds is 0. The molecule has 0 N–H and O–H groups in total. The first-order valence-electron chi connectivity index (χ1n) is 1.54. The van der Waals surface area contributed by atoms with Crippen LogP contribution in [0.1, 0.15) is 0 Å². The first-order valence-corrected chi connectivity index (χ1v) is 37.9. The molecule has 0 bridgehead atoms. The van der Waals surface area contributed by atoms with Gasteiger partial charge in [0, 0.05) is 0 Å². The van der Waals surface area contributed by atoms with E-state index in [2.05, 4.69) is 0 Å². The fourth-order valence-corrected chi connectivity index (χ4v) is 0. The Morgan fingerprint density at radius 3 is 0.583 bits per heavy atom. The summed E-state index contributed by atoms with van der Waals surface area (Å²) in [5.41, 5.74) is 0. The molecule has 0 nitrogen and oxygen atoms in total.